The van der Waals surface area contributed by atoms with E-state index >= 15 is 0 Å². The number of nitrogens with one attached hydrogen (secondary N) is 1. The van der Waals surface area contributed by atoms with Gasteiger partial charge in [0.25, 0.3) is 5.91 Å². The summed E-state index contributed by atoms with van der Waals surface area (Å²) in [6, 6.07) is 6.51. The van der Waals surface area contributed by atoms with Gasteiger partial charge in [-0.1, -0.05) is 6.07 Å². The van der Waals surface area contributed by atoms with E-state index in [0.717, 1.165) is 4.90 Å². The van der Waals surface area contributed by atoms with Crippen LogP contribution in [-0.2, 0) is 9.59 Å². The Labute approximate surface area is 115 Å². The smallest absolute Gasteiger partial charge is 0.251 e. The van der Waals surface area contributed by atoms with Crippen molar-refractivity contribution in [1.82, 2.24) is 5.32 Å². The topological polar surface area (TPSA) is 66.5 Å². The molecule has 100 valence electrons. The largest absolute Gasteiger partial charge is 0.355 e. The number of nitrogens with zero attached hydrogens (tertiary/aromatic N) is 1. The van der Waals surface area contributed by atoms with E-state index in [1.165, 1.54) is 18.8 Å². The fourth-order valence-corrected chi connectivity index (χ4v) is 2.61. The Bertz CT molecular complexity index is 544. The van der Waals surface area contributed by atoms with Crippen LogP contribution in [0.1, 0.15) is 16.8 Å². The molecule has 1 N–H and O–H groups in total. The van der Waals surface area contributed by atoms with Gasteiger partial charge in [0.05, 0.1) is 10.9 Å². The third-order valence-corrected chi connectivity index (χ3v) is 3.92. The van der Waals surface area contributed by atoms with Gasteiger partial charge in [-0.15, -0.1) is 0 Å². The van der Waals surface area contributed by atoms with Gasteiger partial charge >= 0.3 is 0 Å². The van der Waals surface area contributed by atoms with Gasteiger partial charge < -0.3 is 5.32 Å². The highest BCUT2D eigenvalue weighted by molar-refractivity contribution is 8.00. The molecule has 1 atom stereocenters. The zero-order valence-corrected chi connectivity index (χ0v) is 11.5. The summed E-state index contributed by atoms with van der Waals surface area (Å²) in [6.45, 7) is 0. The number of hydrogen-bond acceptors (Lipinski definition) is 4. The predicted molar refractivity (Wildman–Crippen MR) is 74.2 cm³/mol. The van der Waals surface area contributed by atoms with Crippen LogP contribution in [0, 0.1) is 0 Å². The molecular weight excluding hydrogens is 264 g/mol. The van der Waals surface area contributed by atoms with E-state index in [-0.39, 0.29) is 29.4 Å². The molecule has 0 spiro atoms. The Balaban J connectivity index is 2.34. The average molecular weight is 278 g/mol. The van der Waals surface area contributed by atoms with Gasteiger partial charge in [-0.25, -0.2) is 4.90 Å². The Morgan fingerprint density at radius 3 is 2.74 bits per heavy atom. The molecule has 1 aliphatic heterocycles. The third-order valence-electron chi connectivity index (χ3n) is 2.98. The molecule has 1 aromatic carbocycles. The van der Waals surface area contributed by atoms with E-state index in [2.05, 4.69) is 5.32 Å². The number of benzene rings is 1. The zero-order valence-electron chi connectivity index (χ0n) is 10.7. The van der Waals surface area contributed by atoms with Crippen molar-refractivity contribution in [3.63, 3.8) is 0 Å². The van der Waals surface area contributed by atoms with Crippen molar-refractivity contribution in [1.29, 1.82) is 0 Å². The minimum absolute atomic E-state index is 0.213. The van der Waals surface area contributed by atoms with Crippen LogP contribution in [0.3, 0.4) is 0 Å². The predicted octanol–water partition coefficient (Wildman–Crippen LogP) is 1.04. The Morgan fingerprint density at radius 1 is 1.42 bits per heavy atom. The summed E-state index contributed by atoms with van der Waals surface area (Å²) in [7, 11) is 1.53. The molecule has 1 unspecified atom stereocenters. The number of amides is 3. The monoisotopic (exact) mass is 278 g/mol. The minimum atomic E-state index is -0.323. The molecule has 3 amide bonds. The maximum Gasteiger partial charge on any atom is 0.251 e. The summed E-state index contributed by atoms with van der Waals surface area (Å²) < 4.78 is 0. The van der Waals surface area contributed by atoms with Gasteiger partial charge in [0, 0.05) is 19.0 Å². The Kier molecular flexibility index (Phi) is 3.90. The molecule has 0 aromatic heterocycles. The highest BCUT2D eigenvalue weighted by Crippen LogP contribution is 2.28. The summed E-state index contributed by atoms with van der Waals surface area (Å²) >= 11 is 1.37. The lowest BCUT2D eigenvalue weighted by Crippen LogP contribution is -2.31. The molecule has 5 nitrogen and oxygen atoms in total. The quantitative estimate of drug-likeness (QED) is 0.839. The van der Waals surface area contributed by atoms with Gasteiger partial charge in [0.2, 0.25) is 11.8 Å². The molecule has 1 fully saturated rings. The van der Waals surface area contributed by atoms with Crippen molar-refractivity contribution >= 4 is 35.2 Å². The maximum absolute atomic E-state index is 12.1. The fraction of sp³-hybridized carbons (Fsp3) is 0.308. The Hall–Kier alpha value is -1.82. The highest BCUT2D eigenvalue weighted by atomic mass is 32.2. The van der Waals surface area contributed by atoms with E-state index < -0.39 is 0 Å². The van der Waals surface area contributed by atoms with Crippen LogP contribution in [0.5, 0.6) is 0 Å². The van der Waals surface area contributed by atoms with Crippen LogP contribution in [0.25, 0.3) is 0 Å². The summed E-state index contributed by atoms with van der Waals surface area (Å²) in [6.07, 6.45) is 2.02. The average Bonchev–Trinajstić information content (AvgIpc) is 2.72. The van der Waals surface area contributed by atoms with Gasteiger partial charge in [0.15, 0.2) is 0 Å². The summed E-state index contributed by atoms with van der Waals surface area (Å²) in [5.74, 6) is -0.688. The van der Waals surface area contributed by atoms with Gasteiger partial charge in [-0.05, 0) is 24.5 Å². The first-order valence-corrected chi connectivity index (χ1v) is 7.09. The van der Waals surface area contributed by atoms with Gasteiger partial charge in [0.1, 0.15) is 0 Å². The molecule has 1 aromatic rings. The number of hydrogen-bond donors (Lipinski definition) is 1. The molecule has 0 saturated carbocycles. The first-order chi connectivity index (χ1) is 9.08. The molecule has 2 rings (SSSR count). The number of thioether (sulfide) groups is 1. The Morgan fingerprint density at radius 2 is 2.16 bits per heavy atom. The second-order valence-electron chi connectivity index (χ2n) is 4.13. The van der Waals surface area contributed by atoms with Crippen molar-refractivity contribution in [2.45, 2.75) is 11.7 Å². The van der Waals surface area contributed by atoms with Gasteiger partial charge in [-0.3, -0.25) is 14.4 Å². The van der Waals surface area contributed by atoms with E-state index in [4.69, 9.17) is 0 Å². The van der Waals surface area contributed by atoms with E-state index in [0.29, 0.717) is 11.3 Å². The molecule has 1 aliphatic rings. The van der Waals surface area contributed by atoms with Gasteiger partial charge in [-0.2, -0.15) is 11.8 Å². The second-order valence-corrected chi connectivity index (χ2v) is 5.17. The van der Waals surface area contributed by atoms with Crippen molar-refractivity contribution in [3.8, 4) is 0 Å². The van der Waals surface area contributed by atoms with Crippen LogP contribution in [-0.4, -0.2) is 36.3 Å². The number of carbonyl (C=O) groups is 3. The van der Waals surface area contributed by atoms with Crippen LogP contribution in [0.4, 0.5) is 5.69 Å². The van der Waals surface area contributed by atoms with Crippen molar-refractivity contribution in [2.24, 2.45) is 0 Å². The molecule has 0 bridgehead atoms. The van der Waals surface area contributed by atoms with E-state index in [1.54, 1.807) is 30.5 Å². The molecule has 0 aliphatic carbocycles. The van der Waals surface area contributed by atoms with Crippen molar-refractivity contribution in [2.75, 3.05) is 18.2 Å². The van der Waals surface area contributed by atoms with E-state index in [1.807, 2.05) is 0 Å². The third kappa shape index (κ3) is 2.49. The SMILES string of the molecule is CNC(=O)c1cccc(N2C(=O)CC(SC)C2=O)c1. The molecule has 0 radical (unpaired) electrons. The molecule has 1 saturated heterocycles. The molecular formula is C13H14N2O3S. The molecule has 1 heterocycles. The van der Waals surface area contributed by atoms with Crippen molar-refractivity contribution in [3.05, 3.63) is 29.8 Å². The lowest BCUT2D eigenvalue weighted by Gasteiger charge is -2.15. The van der Waals surface area contributed by atoms with Crippen LogP contribution < -0.4 is 10.2 Å². The number of anilines is 1. The summed E-state index contributed by atoms with van der Waals surface area (Å²) in [5.41, 5.74) is 0.876. The zero-order chi connectivity index (χ0) is 14.0. The first-order valence-electron chi connectivity index (χ1n) is 5.80. The standard InChI is InChI=1S/C13H14N2O3S/c1-14-12(17)8-4-3-5-9(6-8)15-11(16)7-10(19-2)13(15)18/h3-6,10H,7H2,1-2H3,(H,14,17). The number of imide groups is 1. The van der Waals surface area contributed by atoms with Crippen LogP contribution in [0.15, 0.2) is 24.3 Å². The lowest BCUT2D eigenvalue weighted by molar-refractivity contribution is -0.121. The van der Waals surface area contributed by atoms with Crippen LogP contribution >= 0.6 is 11.8 Å². The van der Waals surface area contributed by atoms with Crippen LogP contribution in [0.2, 0.25) is 0 Å². The number of carbonyl (C=O) groups excluding carboxylic acids is 3. The normalized spacial score (nSPS) is 18.8. The molecule has 6 heteroatoms. The first kappa shape index (κ1) is 13.6. The summed E-state index contributed by atoms with van der Waals surface area (Å²) in [4.78, 5) is 36.7. The number of rotatable bonds is 3. The van der Waals surface area contributed by atoms with Crippen molar-refractivity contribution < 1.29 is 14.4 Å². The minimum Gasteiger partial charge on any atom is -0.355 e. The summed E-state index contributed by atoms with van der Waals surface area (Å²) in [5, 5.41) is 2.19. The lowest BCUT2D eigenvalue weighted by atomic mass is 10.2. The second kappa shape index (κ2) is 5.44. The van der Waals surface area contributed by atoms with E-state index in [9.17, 15) is 14.4 Å². The maximum atomic E-state index is 12.1. The molecule has 19 heavy (non-hydrogen) atoms. The highest BCUT2D eigenvalue weighted by Gasteiger charge is 2.39. The fourth-order valence-electron chi connectivity index (χ4n) is 1.99.